The Morgan fingerprint density at radius 1 is 1.08 bits per heavy atom. The number of hydrogen-bond donors (Lipinski definition) is 2. The van der Waals surface area contributed by atoms with Crippen molar-refractivity contribution in [1.82, 2.24) is 39.8 Å². The van der Waals surface area contributed by atoms with Crippen LogP contribution in [-0.2, 0) is 4.74 Å². The fraction of sp³-hybridized carbons (Fsp3) is 0.417. The van der Waals surface area contributed by atoms with Gasteiger partial charge in [0.2, 0.25) is 5.89 Å². The molecule has 12 heteroatoms. The van der Waals surface area contributed by atoms with E-state index >= 15 is 0 Å². The zero-order chi connectivity index (χ0) is 24.3. The van der Waals surface area contributed by atoms with Crippen molar-refractivity contribution in [2.45, 2.75) is 37.8 Å². The van der Waals surface area contributed by atoms with Gasteiger partial charge in [-0.25, -0.2) is 15.0 Å². The lowest BCUT2D eigenvalue weighted by Crippen LogP contribution is -2.45. The fourth-order valence-corrected chi connectivity index (χ4v) is 4.95. The molecule has 1 aliphatic heterocycles. The lowest BCUT2D eigenvalue weighted by atomic mass is 9.90. The van der Waals surface area contributed by atoms with E-state index in [2.05, 4.69) is 35.4 Å². The highest BCUT2D eigenvalue weighted by Gasteiger charge is 2.29. The summed E-state index contributed by atoms with van der Waals surface area (Å²) in [5.41, 5.74) is 1.88. The molecular weight excluding hydrogens is 462 g/mol. The summed E-state index contributed by atoms with van der Waals surface area (Å²) in [6.07, 6.45) is 14.0. The van der Waals surface area contributed by atoms with Crippen molar-refractivity contribution < 1.29 is 13.9 Å². The second kappa shape index (κ2) is 9.99. The third-order valence-corrected chi connectivity index (χ3v) is 6.84. The maximum atomic E-state index is 13.0. The van der Waals surface area contributed by atoms with Crippen LogP contribution in [0.4, 0.5) is 5.69 Å². The van der Waals surface area contributed by atoms with Crippen LogP contribution in [0.15, 0.2) is 47.7 Å². The normalized spacial score (nSPS) is 20.9. The molecule has 0 aromatic carbocycles. The molecular formula is C24H27N9O3. The Morgan fingerprint density at radius 3 is 2.61 bits per heavy atom. The molecule has 1 aliphatic carbocycles. The van der Waals surface area contributed by atoms with E-state index in [1.165, 1.54) is 6.26 Å². The minimum Gasteiger partial charge on any atom is -0.444 e. The van der Waals surface area contributed by atoms with Crippen LogP contribution in [0.3, 0.4) is 0 Å². The van der Waals surface area contributed by atoms with Crippen LogP contribution >= 0.6 is 0 Å². The highest BCUT2D eigenvalue weighted by Crippen LogP contribution is 2.34. The number of H-pyrrole nitrogens is 1. The molecule has 0 radical (unpaired) electrons. The van der Waals surface area contributed by atoms with E-state index in [0.29, 0.717) is 34.7 Å². The van der Waals surface area contributed by atoms with Crippen LogP contribution in [0.25, 0.3) is 23.0 Å². The lowest BCUT2D eigenvalue weighted by Gasteiger charge is -2.38. The first-order chi connectivity index (χ1) is 17.7. The number of oxazole rings is 1. The average molecular weight is 490 g/mol. The van der Waals surface area contributed by atoms with Gasteiger partial charge in [0.25, 0.3) is 5.91 Å². The molecule has 2 N–H and O–H groups in total. The summed E-state index contributed by atoms with van der Waals surface area (Å²) in [5, 5.41) is 14.3. The van der Waals surface area contributed by atoms with Gasteiger partial charge in [-0.15, -0.1) is 0 Å². The minimum atomic E-state index is -0.402. The van der Waals surface area contributed by atoms with Gasteiger partial charge < -0.3 is 14.5 Å². The number of amides is 1. The van der Waals surface area contributed by atoms with Crippen molar-refractivity contribution >= 4 is 11.6 Å². The second-order valence-electron chi connectivity index (χ2n) is 9.03. The van der Waals surface area contributed by atoms with Crippen molar-refractivity contribution in [2.24, 2.45) is 0 Å². The van der Waals surface area contributed by atoms with Crippen LogP contribution in [0, 0.1) is 0 Å². The molecule has 4 aromatic rings. The maximum absolute atomic E-state index is 13.0. The summed E-state index contributed by atoms with van der Waals surface area (Å²) in [6.45, 7) is 3.65. The quantitative estimate of drug-likeness (QED) is 0.418. The summed E-state index contributed by atoms with van der Waals surface area (Å²) in [5.74, 6) is 0.363. The molecule has 1 saturated heterocycles. The first-order valence-electron chi connectivity index (χ1n) is 12.2. The van der Waals surface area contributed by atoms with Crippen molar-refractivity contribution in [1.29, 1.82) is 0 Å². The molecule has 0 bridgehead atoms. The Morgan fingerprint density at radius 2 is 1.86 bits per heavy atom. The van der Waals surface area contributed by atoms with Crippen molar-refractivity contribution in [2.75, 3.05) is 31.6 Å². The number of morpholine rings is 1. The van der Waals surface area contributed by atoms with Gasteiger partial charge in [-0.3, -0.25) is 19.5 Å². The predicted molar refractivity (Wildman–Crippen MR) is 129 cm³/mol. The van der Waals surface area contributed by atoms with Crippen LogP contribution in [0.1, 0.15) is 42.2 Å². The highest BCUT2D eigenvalue weighted by atomic mass is 16.5. The molecule has 0 unspecified atom stereocenters. The van der Waals surface area contributed by atoms with E-state index < -0.39 is 5.91 Å². The highest BCUT2D eigenvalue weighted by molar-refractivity contribution is 6.04. The molecule has 4 aromatic heterocycles. The molecule has 6 rings (SSSR count). The van der Waals surface area contributed by atoms with E-state index in [1.54, 1.807) is 30.9 Å². The summed E-state index contributed by atoms with van der Waals surface area (Å²) < 4.78 is 12.9. The molecule has 2 aliphatic rings. The SMILES string of the molecule is O=C(Nc1cn([C@H]2CC[C@H](N3CCOCC3)CC2)nc1-c1ncccn1)c1coc(-c2cn[nH]c2)n1. The lowest BCUT2D eigenvalue weighted by molar-refractivity contribution is 0.00507. The third kappa shape index (κ3) is 4.64. The number of ether oxygens (including phenoxy) is 1. The van der Waals surface area contributed by atoms with Gasteiger partial charge >= 0.3 is 0 Å². The Kier molecular flexibility index (Phi) is 6.26. The van der Waals surface area contributed by atoms with Crippen LogP contribution in [0.5, 0.6) is 0 Å². The summed E-state index contributed by atoms with van der Waals surface area (Å²) in [6, 6.07) is 2.59. The standard InChI is InChI=1S/C24H27N9O3/c34-23(20-15-36-24(30-20)16-12-27-28-13-16)29-19-14-33(31-21(19)22-25-6-1-7-26-22)18-4-2-17(3-5-18)32-8-10-35-11-9-32/h1,6-7,12-15,17-18H,2-5,8-11H2,(H,27,28)(H,29,34)/t17-,18-. The molecule has 5 heterocycles. The summed E-state index contributed by atoms with van der Waals surface area (Å²) >= 11 is 0. The van der Waals surface area contributed by atoms with E-state index in [4.69, 9.17) is 14.3 Å². The number of rotatable bonds is 6. The number of aromatic amines is 1. The molecule has 0 spiro atoms. The topological polar surface area (TPSA) is 140 Å². The van der Waals surface area contributed by atoms with E-state index in [-0.39, 0.29) is 11.7 Å². The Bertz CT molecular complexity index is 1290. The third-order valence-electron chi connectivity index (χ3n) is 6.84. The first kappa shape index (κ1) is 22.6. The van der Waals surface area contributed by atoms with E-state index in [0.717, 1.165) is 52.0 Å². The first-order valence-corrected chi connectivity index (χ1v) is 12.2. The van der Waals surface area contributed by atoms with Crippen LogP contribution < -0.4 is 5.32 Å². The molecule has 1 saturated carbocycles. The monoisotopic (exact) mass is 489 g/mol. The molecule has 186 valence electrons. The van der Waals surface area contributed by atoms with Crippen molar-refractivity contribution in [3.63, 3.8) is 0 Å². The maximum Gasteiger partial charge on any atom is 0.277 e. The summed E-state index contributed by atoms with van der Waals surface area (Å²) in [7, 11) is 0. The largest absolute Gasteiger partial charge is 0.444 e. The summed E-state index contributed by atoms with van der Waals surface area (Å²) in [4.78, 5) is 28.6. The van der Waals surface area contributed by atoms with Gasteiger partial charge in [0.1, 0.15) is 6.26 Å². The Labute approximate surface area is 207 Å². The number of aromatic nitrogens is 7. The number of nitrogens with one attached hydrogen (secondary N) is 2. The molecule has 1 amide bonds. The minimum absolute atomic E-state index is 0.157. The number of anilines is 1. The van der Waals surface area contributed by atoms with Crippen LogP contribution in [-0.4, -0.2) is 78.1 Å². The van der Waals surface area contributed by atoms with Gasteiger partial charge in [0.15, 0.2) is 17.2 Å². The van der Waals surface area contributed by atoms with Gasteiger partial charge in [-0.05, 0) is 31.7 Å². The number of carbonyl (C=O) groups is 1. The van der Waals surface area contributed by atoms with Crippen molar-refractivity contribution in [3.8, 4) is 23.0 Å². The van der Waals surface area contributed by atoms with Gasteiger partial charge in [-0.2, -0.15) is 10.2 Å². The molecule has 12 nitrogen and oxygen atoms in total. The van der Waals surface area contributed by atoms with Crippen LogP contribution in [0.2, 0.25) is 0 Å². The molecule has 0 atom stereocenters. The van der Waals surface area contributed by atoms with Gasteiger partial charge in [-0.1, -0.05) is 0 Å². The molecule has 2 fully saturated rings. The van der Waals surface area contributed by atoms with E-state index in [1.807, 2.05) is 10.9 Å². The zero-order valence-corrected chi connectivity index (χ0v) is 19.7. The Hall–Kier alpha value is -3.90. The second-order valence-corrected chi connectivity index (χ2v) is 9.03. The number of hydrogen-bond acceptors (Lipinski definition) is 9. The van der Waals surface area contributed by atoms with Crippen molar-refractivity contribution in [3.05, 3.63) is 49.0 Å². The Balaban J connectivity index is 1.21. The smallest absolute Gasteiger partial charge is 0.277 e. The number of carbonyl (C=O) groups excluding carboxylic acids is 1. The van der Waals surface area contributed by atoms with Gasteiger partial charge in [0.05, 0.1) is 36.7 Å². The zero-order valence-electron chi connectivity index (χ0n) is 19.7. The van der Waals surface area contributed by atoms with Gasteiger partial charge in [0, 0.05) is 43.9 Å². The molecule has 36 heavy (non-hydrogen) atoms. The predicted octanol–water partition coefficient (Wildman–Crippen LogP) is 2.79. The number of nitrogens with zero attached hydrogens (tertiary/aromatic N) is 7. The van der Waals surface area contributed by atoms with E-state index in [9.17, 15) is 4.79 Å². The average Bonchev–Trinajstić information content (AvgIpc) is 3.71. The fourth-order valence-electron chi connectivity index (χ4n) is 4.95.